The summed E-state index contributed by atoms with van der Waals surface area (Å²) in [7, 11) is 0. The number of hydrogen-bond acceptors (Lipinski definition) is 6. The van der Waals surface area contributed by atoms with Crippen LogP contribution in [0.25, 0.3) is 16.9 Å². The van der Waals surface area contributed by atoms with E-state index in [1.54, 1.807) is 33.8 Å². The van der Waals surface area contributed by atoms with Crippen molar-refractivity contribution in [3.05, 3.63) is 78.5 Å². The van der Waals surface area contributed by atoms with E-state index in [0.717, 1.165) is 42.5 Å². The van der Waals surface area contributed by atoms with E-state index < -0.39 is 5.82 Å². The van der Waals surface area contributed by atoms with Crippen molar-refractivity contribution < 1.29 is 13.9 Å². The average molecular weight is 499 g/mol. The molecule has 8 nitrogen and oxygen atoms in total. The molecule has 0 spiro atoms. The van der Waals surface area contributed by atoms with Gasteiger partial charge in [-0.2, -0.15) is 0 Å². The zero-order chi connectivity index (χ0) is 25.5. The van der Waals surface area contributed by atoms with E-state index >= 15 is 4.39 Å². The van der Waals surface area contributed by atoms with Crippen LogP contribution in [0.3, 0.4) is 0 Å². The van der Waals surface area contributed by atoms with Gasteiger partial charge in [0.05, 0.1) is 11.2 Å². The van der Waals surface area contributed by atoms with Crippen LogP contribution in [-0.4, -0.2) is 43.2 Å². The van der Waals surface area contributed by atoms with Gasteiger partial charge in [0, 0.05) is 43.0 Å². The number of benzene rings is 1. The van der Waals surface area contributed by atoms with Gasteiger partial charge in [-0.15, -0.1) is 0 Å². The molecule has 0 bridgehead atoms. The van der Waals surface area contributed by atoms with Crippen molar-refractivity contribution >= 4 is 17.4 Å². The topological polar surface area (TPSA) is 98.6 Å². The minimum absolute atomic E-state index is 0.0143. The maximum atomic E-state index is 15.2. The van der Waals surface area contributed by atoms with Crippen molar-refractivity contribution in [3.63, 3.8) is 0 Å². The number of nitrogens with zero attached hydrogens (tertiary/aromatic N) is 5. The second kappa shape index (κ2) is 9.31. The van der Waals surface area contributed by atoms with Gasteiger partial charge in [0.15, 0.2) is 11.6 Å². The summed E-state index contributed by atoms with van der Waals surface area (Å²) in [6.45, 7) is 4.83. The molecule has 6 rings (SSSR count). The fourth-order valence-corrected chi connectivity index (χ4v) is 5.09. The molecule has 1 unspecified atom stereocenters. The maximum Gasteiger partial charge on any atom is 0.245 e. The van der Waals surface area contributed by atoms with Crippen molar-refractivity contribution in [3.8, 4) is 23.0 Å². The fourth-order valence-electron chi connectivity index (χ4n) is 5.09. The first-order valence-electron chi connectivity index (χ1n) is 12.5. The third-order valence-corrected chi connectivity index (χ3v) is 7.12. The number of aromatic nitrogens is 4. The van der Waals surface area contributed by atoms with E-state index in [9.17, 15) is 4.79 Å². The Morgan fingerprint density at radius 3 is 2.73 bits per heavy atom. The number of halogens is 1. The van der Waals surface area contributed by atoms with Gasteiger partial charge in [-0.3, -0.25) is 9.20 Å². The SMILES string of the molecule is C=CC(=O)N1CCCC(c2nc(-c3ccc(Oc4cc(C5CC5)ccn4)c(F)c3)n3c(N)nccc23)C1. The van der Waals surface area contributed by atoms with E-state index in [1.165, 1.54) is 12.1 Å². The first kappa shape index (κ1) is 23.1. The lowest BCUT2D eigenvalue weighted by molar-refractivity contribution is -0.127. The summed E-state index contributed by atoms with van der Waals surface area (Å²) in [4.78, 5) is 27.4. The van der Waals surface area contributed by atoms with Crippen molar-refractivity contribution in [2.75, 3.05) is 18.8 Å². The van der Waals surface area contributed by atoms with Crippen LogP contribution in [0.2, 0.25) is 0 Å². The van der Waals surface area contributed by atoms with E-state index in [-0.39, 0.29) is 23.5 Å². The van der Waals surface area contributed by atoms with Gasteiger partial charge in [0.1, 0.15) is 5.82 Å². The van der Waals surface area contributed by atoms with Crippen molar-refractivity contribution in [2.45, 2.75) is 37.5 Å². The molecule has 1 aliphatic heterocycles. The minimum atomic E-state index is -0.530. The number of anilines is 1. The lowest BCUT2D eigenvalue weighted by Gasteiger charge is -2.31. The third-order valence-electron chi connectivity index (χ3n) is 7.12. The number of pyridine rings is 1. The lowest BCUT2D eigenvalue weighted by Crippen LogP contribution is -2.38. The van der Waals surface area contributed by atoms with E-state index in [2.05, 4.69) is 16.5 Å². The number of carbonyl (C=O) groups excluding carboxylic acids is 1. The van der Waals surface area contributed by atoms with Gasteiger partial charge in [-0.25, -0.2) is 19.3 Å². The number of amides is 1. The highest BCUT2D eigenvalue weighted by Gasteiger charge is 2.29. The van der Waals surface area contributed by atoms with Crippen LogP contribution in [0, 0.1) is 5.82 Å². The summed E-state index contributed by atoms with van der Waals surface area (Å²) >= 11 is 0. The molecule has 0 radical (unpaired) electrons. The van der Waals surface area contributed by atoms with Crippen LogP contribution in [0.5, 0.6) is 11.6 Å². The summed E-state index contributed by atoms with van der Waals surface area (Å²) in [5.74, 6) is 1.13. The summed E-state index contributed by atoms with van der Waals surface area (Å²) in [6, 6.07) is 10.4. The third kappa shape index (κ3) is 4.41. The molecule has 1 saturated heterocycles. The predicted octanol–water partition coefficient (Wildman–Crippen LogP) is 5.07. The Bertz CT molecular complexity index is 1510. The lowest BCUT2D eigenvalue weighted by atomic mass is 9.94. The molecule has 188 valence electrons. The fraction of sp³-hybridized carbons (Fsp3) is 0.286. The van der Waals surface area contributed by atoms with Crippen LogP contribution in [-0.2, 0) is 4.79 Å². The second-order valence-corrected chi connectivity index (χ2v) is 9.62. The largest absolute Gasteiger partial charge is 0.436 e. The molecule has 37 heavy (non-hydrogen) atoms. The van der Waals surface area contributed by atoms with Gasteiger partial charge in [0.25, 0.3) is 0 Å². The zero-order valence-corrected chi connectivity index (χ0v) is 20.3. The minimum Gasteiger partial charge on any atom is -0.436 e. The van der Waals surface area contributed by atoms with Gasteiger partial charge in [0.2, 0.25) is 17.7 Å². The maximum absolute atomic E-state index is 15.2. The summed E-state index contributed by atoms with van der Waals surface area (Å²) < 4.78 is 22.8. The van der Waals surface area contributed by atoms with Crippen LogP contribution in [0.15, 0.2) is 61.4 Å². The standard InChI is InChI=1S/C28H27FN6O2/c1-2-25(36)34-13-3-4-20(16-34)26-22-10-12-32-28(30)35(22)27(33-26)19-7-8-23(21(29)14-19)37-24-15-18(9-11-31-24)17-5-6-17/h2,7-12,14-15,17,20H,1,3-6,13,16H2,(H2,30,32). The Kier molecular flexibility index (Phi) is 5.82. The summed E-state index contributed by atoms with van der Waals surface area (Å²) in [5.41, 5.74) is 9.57. The molecule has 1 saturated carbocycles. The molecule has 2 fully saturated rings. The highest BCUT2D eigenvalue weighted by molar-refractivity contribution is 5.87. The molecule has 4 aromatic rings. The quantitative estimate of drug-likeness (QED) is 0.373. The van der Waals surface area contributed by atoms with Gasteiger partial charge in [-0.1, -0.05) is 6.58 Å². The number of nitrogens with two attached hydrogens (primary N) is 1. The zero-order valence-electron chi connectivity index (χ0n) is 20.3. The number of nitrogen functional groups attached to an aromatic ring is 1. The molecule has 1 aliphatic carbocycles. The molecule has 9 heteroatoms. The van der Waals surface area contributed by atoms with E-state index in [1.807, 2.05) is 18.2 Å². The number of fused-ring (bicyclic) bond motifs is 1. The number of ether oxygens (including phenoxy) is 1. The monoisotopic (exact) mass is 498 g/mol. The first-order chi connectivity index (χ1) is 18.0. The Balaban J connectivity index is 1.34. The van der Waals surface area contributed by atoms with Crippen LogP contribution >= 0.6 is 0 Å². The molecule has 4 heterocycles. The van der Waals surface area contributed by atoms with Crippen molar-refractivity contribution in [1.82, 2.24) is 24.3 Å². The Labute approximate surface area is 213 Å². The molecule has 2 aliphatic rings. The van der Waals surface area contributed by atoms with Crippen LogP contribution in [0.4, 0.5) is 10.3 Å². The van der Waals surface area contributed by atoms with Crippen molar-refractivity contribution in [1.29, 1.82) is 0 Å². The van der Waals surface area contributed by atoms with Gasteiger partial charge < -0.3 is 15.4 Å². The van der Waals surface area contributed by atoms with Crippen LogP contribution in [0.1, 0.15) is 48.8 Å². The smallest absolute Gasteiger partial charge is 0.245 e. The summed E-state index contributed by atoms with van der Waals surface area (Å²) in [5, 5.41) is 0. The number of hydrogen-bond donors (Lipinski definition) is 1. The molecule has 3 aromatic heterocycles. The number of imidazole rings is 1. The molecule has 2 N–H and O–H groups in total. The molecular formula is C28H27FN6O2. The van der Waals surface area contributed by atoms with Gasteiger partial charge in [-0.05, 0) is 73.6 Å². The second-order valence-electron chi connectivity index (χ2n) is 9.62. The average Bonchev–Trinajstić information content (AvgIpc) is 3.70. The highest BCUT2D eigenvalue weighted by atomic mass is 19.1. The predicted molar refractivity (Wildman–Crippen MR) is 138 cm³/mol. The number of rotatable bonds is 6. The van der Waals surface area contributed by atoms with E-state index in [4.69, 9.17) is 15.5 Å². The molecule has 1 aromatic carbocycles. The molecule has 1 amide bonds. The van der Waals surface area contributed by atoms with E-state index in [0.29, 0.717) is 36.3 Å². The number of likely N-dealkylation sites (tertiary alicyclic amines) is 1. The summed E-state index contributed by atoms with van der Waals surface area (Å²) in [6.07, 6.45) is 8.72. The molecule has 1 atom stereocenters. The number of carbonyl (C=O) groups is 1. The first-order valence-corrected chi connectivity index (χ1v) is 12.5. The highest BCUT2D eigenvalue weighted by Crippen LogP contribution is 2.41. The number of piperidine rings is 1. The Morgan fingerprint density at radius 1 is 1.11 bits per heavy atom. The van der Waals surface area contributed by atoms with Crippen molar-refractivity contribution in [2.24, 2.45) is 0 Å². The normalized spacial score (nSPS) is 17.6. The molecular weight excluding hydrogens is 471 g/mol. The van der Waals surface area contributed by atoms with Gasteiger partial charge >= 0.3 is 0 Å². The van der Waals surface area contributed by atoms with Crippen LogP contribution < -0.4 is 10.5 Å². The Hall–Kier alpha value is -4.27. The Morgan fingerprint density at radius 2 is 1.95 bits per heavy atom.